The first kappa shape index (κ1) is 17.9. The van der Waals surface area contributed by atoms with Crippen molar-refractivity contribution in [2.45, 2.75) is 6.54 Å². The summed E-state index contributed by atoms with van der Waals surface area (Å²) in [6.45, 7) is -0.202. The van der Waals surface area contributed by atoms with Gasteiger partial charge in [0.05, 0.1) is 23.0 Å². The molecule has 7 nitrogen and oxygen atoms in total. The Morgan fingerprint density at radius 1 is 1.14 bits per heavy atom. The summed E-state index contributed by atoms with van der Waals surface area (Å²) in [4.78, 5) is 28.9. The van der Waals surface area contributed by atoms with Gasteiger partial charge in [-0.1, -0.05) is 35.6 Å². The van der Waals surface area contributed by atoms with E-state index in [2.05, 4.69) is 15.4 Å². The van der Waals surface area contributed by atoms with Crippen LogP contribution in [0, 0.1) is 0 Å². The first-order chi connectivity index (χ1) is 13.6. The fraction of sp³-hybridized carbons (Fsp3) is 0.100. The lowest BCUT2D eigenvalue weighted by Crippen LogP contribution is -2.29. The third-order valence-electron chi connectivity index (χ3n) is 4.07. The van der Waals surface area contributed by atoms with Crippen LogP contribution in [0.15, 0.2) is 65.5 Å². The van der Waals surface area contributed by atoms with Crippen molar-refractivity contribution in [2.75, 3.05) is 12.4 Å². The monoisotopic (exact) mass is 392 g/mol. The minimum atomic E-state index is -0.364. The lowest BCUT2D eigenvalue weighted by atomic mass is 10.1. The molecule has 2 heterocycles. The third kappa shape index (κ3) is 3.77. The number of benzene rings is 2. The topological polar surface area (TPSA) is 86.1 Å². The highest BCUT2D eigenvalue weighted by molar-refractivity contribution is 7.22. The van der Waals surface area contributed by atoms with Gasteiger partial charge in [0.2, 0.25) is 5.91 Å². The van der Waals surface area contributed by atoms with Crippen LogP contribution in [0.25, 0.3) is 21.5 Å². The minimum Gasteiger partial charge on any atom is -0.497 e. The summed E-state index contributed by atoms with van der Waals surface area (Å²) in [5.41, 5.74) is 1.83. The van der Waals surface area contributed by atoms with E-state index in [9.17, 15) is 9.59 Å². The van der Waals surface area contributed by atoms with Crippen molar-refractivity contribution in [1.82, 2.24) is 14.8 Å². The molecule has 0 unspecified atom stereocenters. The van der Waals surface area contributed by atoms with Gasteiger partial charge in [-0.3, -0.25) is 9.59 Å². The van der Waals surface area contributed by atoms with Crippen molar-refractivity contribution < 1.29 is 9.53 Å². The molecule has 0 fully saturated rings. The number of carbonyl (C=O) groups is 1. The number of anilines is 1. The lowest BCUT2D eigenvalue weighted by Gasteiger charge is -2.08. The summed E-state index contributed by atoms with van der Waals surface area (Å²) < 4.78 is 7.34. The Balaban J connectivity index is 1.55. The number of nitrogens with one attached hydrogen (secondary N) is 1. The highest BCUT2D eigenvalue weighted by Crippen LogP contribution is 2.25. The van der Waals surface area contributed by atoms with Crippen molar-refractivity contribution in [3.63, 3.8) is 0 Å². The Morgan fingerprint density at radius 3 is 2.82 bits per heavy atom. The lowest BCUT2D eigenvalue weighted by molar-refractivity contribution is -0.117. The Kier molecular flexibility index (Phi) is 4.86. The number of amides is 1. The van der Waals surface area contributed by atoms with Crippen molar-refractivity contribution in [1.29, 1.82) is 0 Å². The maximum atomic E-state index is 12.4. The Bertz CT molecular complexity index is 1180. The van der Waals surface area contributed by atoms with Crippen LogP contribution in [0.3, 0.4) is 0 Å². The number of thiazole rings is 1. The smallest absolute Gasteiger partial charge is 0.267 e. The molecule has 140 valence electrons. The second-order valence-electron chi connectivity index (χ2n) is 5.98. The van der Waals surface area contributed by atoms with Gasteiger partial charge in [-0.05, 0) is 30.3 Å². The van der Waals surface area contributed by atoms with E-state index >= 15 is 0 Å². The molecule has 2 aromatic heterocycles. The molecule has 0 saturated heterocycles. The first-order valence-electron chi connectivity index (χ1n) is 8.50. The van der Waals surface area contributed by atoms with E-state index in [0.717, 1.165) is 20.5 Å². The number of aromatic nitrogens is 3. The number of methoxy groups -OCH3 is 1. The van der Waals surface area contributed by atoms with Crippen molar-refractivity contribution >= 4 is 32.6 Å². The van der Waals surface area contributed by atoms with Crippen LogP contribution in [0.2, 0.25) is 0 Å². The Morgan fingerprint density at radius 2 is 2.00 bits per heavy atom. The number of nitrogens with zero attached hydrogens (tertiary/aromatic N) is 3. The number of para-hydroxylation sites is 1. The Hall–Kier alpha value is -3.52. The average Bonchev–Trinajstić information content (AvgIpc) is 3.11. The van der Waals surface area contributed by atoms with Crippen molar-refractivity contribution in [3.05, 3.63) is 71.0 Å². The summed E-state index contributed by atoms with van der Waals surface area (Å²) in [5, 5.41) is 7.54. The van der Waals surface area contributed by atoms with Gasteiger partial charge in [0.1, 0.15) is 12.3 Å². The zero-order valence-electron chi connectivity index (χ0n) is 15.0. The van der Waals surface area contributed by atoms with Crippen LogP contribution in [-0.4, -0.2) is 27.8 Å². The molecule has 4 aromatic rings. The molecule has 8 heteroatoms. The molecule has 0 saturated carbocycles. The molecule has 0 radical (unpaired) electrons. The second kappa shape index (κ2) is 7.61. The van der Waals surface area contributed by atoms with Crippen molar-refractivity contribution in [2.24, 2.45) is 0 Å². The second-order valence-corrected chi connectivity index (χ2v) is 7.01. The van der Waals surface area contributed by atoms with E-state index in [1.807, 2.05) is 48.5 Å². The van der Waals surface area contributed by atoms with Crippen LogP contribution in [0.5, 0.6) is 5.75 Å². The molecular weight excluding hydrogens is 376 g/mol. The SMILES string of the molecule is COc1cccc(-c2ccc(=O)n(CC(=O)Nc3nc4ccccc4s3)n2)c1. The predicted molar refractivity (Wildman–Crippen MR) is 109 cm³/mol. The number of ether oxygens (including phenoxy) is 1. The quantitative estimate of drug-likeness (QED) is 0.564. The van der Waals surface area contributed by atoms with Gasteiger partial charge in [0.15, 0.2) is 5.13 Å². The molecule has 0 aliphatic heterocycles. The van der Waals surface area contributed by atoms with Crippen LogP contribution >= 0.6 is 11.3 Å². The minimum absolute atomic E-state index is 0.202. The third-order valence-corrected chi connectivity index (χ3v) is 5.02. The summed E-state index contributed by atoms with van der Waals surface area (Å²) in [6, 6.07) is 18.0. The summed E-state index contributed by atoms with van der Waals surface area (Å²) in [6.07, 6.45) is 0. The molecule has 0 aliphatic rings. The van der Waals surface area contributed by atoms with Gasteiger partial charge in [-0.25, -0.2) is 9.67 Å². The largest absolute Gasteiger partial charge is 0.497 e. The van der Waals surface area contributed by atoms with Crippen molar-refractivity contribution in [3.8, 4) is 17.0 Å². The molecule has 28 heavy (non-hydrogen) atoms. The van der Waals surface area contributed by atoms with E-state index in [4.69, 9.17) is 4.74 Å². The highest BCUT2D eigenvalue weighted by atomic mass is 32.1. The summed E-state index contributed by atoms with van der Waals surface area (Å²) in [5.74, 6) is 0.321. The number of carbonyl (C=O) groups excluding carboxylic acids is 1. The van der Waals surface area contributed by atoms with E-state index in [1.54, 1.807) is 13.2 Å². The molecule has 1 amide bonds. The standard InChI is InChI=1S/C20H16N4O3S/c1-27-14-6-4-5-13(11-14)15-9-10-19(26)24(23-15)12-18(25)22-20-21-16-7-2-3-8-17(16)28-20/h2-11H,12H2,1H3,(H,21,22,25). The molecule has 0 atom stereocenters. The molecule has 0 aliphatic carbocycles. The number of rotatable bonds is 5. The number of hydrogen-bond acceptors (Lipinski definition) is 6. The Labute approximate surface area is 164 Å². The van der Waals surface area contributed by atoms with Crippen LogP contribution in [0.1, 0.15) is 0 Å². The van der Waals surface area contributed by atoms with E-state index in [0.29, 0.717) is 16.6 Å². The number of hydrogen-bond donors (Lipinski definition) is 1. The van der Waals surface area contributed by atoms with E-state index < -0.39 is 0 Å². The maximum Gasteiger partial charge on any atom is 0.267 e. The average molecular weight is 392 g/mol. The van der Waals surface area contributed by atoms with Gasteiger partial charge >= 0.3 is 0 Å². The van der Waals surface area contributed by atoms with Gasteiger partial charge in [-0.15, -0.1) is 0 Å². The molecule has 4 rings (SSSR count). The van der Waals surface area contributed by atoms with Gasteiger partial charge in [-0.2, -0.15) is 5.10 Å². The van der Waals surface area contributed by atoms with E-state index in [1.165, 1.54) is 17.4 Å². The molecular formula is C20H16N4O3S. The molecule has 0 bridgehead atoms. The first-order valence-corrected chi connectivity index (χ1v) is 9.32. The predicted octanol–water partition coefficient (Wildman–Crippen LogP) is 3.17. The van der Waals surface area contributed by atoms with Crippen LogP contribution < -0.4 is 15.6 Å². The summed E-state index contributed by atoms with van der Waals surface area (Å²) in [7, 11) is 1.58. The zero-order valence-corrected chi connectivity index (χ0v) is 15.8. The fourth-order valence-corrected chi connectivity index (χ4v) is 3.60. The molecule has 2 aromatic carbocycles. The highest BCUT2D eigenvalue weighted by Gasteiger charge is 2.11. The van der Waals surface area contributed by atoms with Gasteiger partial charge in [0.25, 0.3) is 5.56 Å². The van der Waals surface area contributed by atoms with E-state index in [-0.39, 0.29) is 18.0 Å². The molecule has 1 N–H and O–H groups in total. The normalized spacial score (nSPS) is 10.8. The zero-order chi connectivity index (χ0) is 19.5. The summed E-state index contributed by atoms with van der Waals surface area (Å²) >= 11 is 1.38. The van der Waals surface area contributed by atoms with Gasteiger partial charge < -0.3 is 10.1 Å². The maximum absolute atomic E-state index is 12.4. The van der Waals surface area contributed by atoms with Gasteiger partial charge in [0, 0.05) is 11.6 Å². The number of fused-ring (bicyclic) bond motifs is 1. The fourth-order valence-electron chi connectivity index (χ4n) is 2.72. The molecule has 0 spiro atoms. The van der Waals surface area contributed by atoms with Crippen LogP contribution in [0.4, 0.5) is 5.13 Å². The van der Waals surface area contributed by atoms with Crippen LogP contribution in [-0.2, 0) is 11.3 Å².